The Balaban J connectivity index is 2.77. The van der Waals surface area contributed by atoms with Crippen molar-refractivity contribution < 1.29 is 8.39 Å². The molecule has 0 heterocycles. The number of anilines is 1. The first-order valence-corrected chi connectivity index (χ1v) is 5.51. The van der Waals surface area contributed by atoms with Crippen molar-refractivity contribution in [3.8, 4) is 5.75 Å². The first-order valence-electron chi connectivity index (χ1n) is 3.32. The molecule has 5 heteroatoms. The van der Waals surface area contributed by atoms with Gasteiger partial charge in [0.2, 0.25) is 0 Å². The Hall–Kier alpha value is -0.810. The fourth-order valence-corrected chi connectivity index (χ4v) is 1.32. The minimum atomic E-state index is -1.98. The first-order chi connectivity index (χ1) is 5.72. The van der Waals surface area contributed by atoms with Crippen LogP contribution in [0.2, 0.25) is 0 Å². The summed E-state index contributed by atoms with van der Waals surface area (Å²) >= 11 is 4.39. The van der Waals surface area contributed by atoms with E-state index < -0.39 is 9.64 Å². The Bertz CT molecular complexity index is 311. The lowest BCUT2D eigenvalue weighted by molar-refractivity contribution is 0.580. The molecule has 0 aliphatic carbocycles. The van der Waals surface area contributed by atoms with Gasteiger partial charge in [0.1, 0.15) is 5.75 Å². The van der Waals surface area contributed by atoms with Gasteiger partial charge in [-0.05, 0) is 24.3 Å². The van der Waals surface area contributed by atoms with Gasteiger partial charge in [-0.25, -0.2) is 4.21 Å². The van der Waals surface area contributed by atoms with E-state index in [0.29, 0.717) is 5.75 Å². The van der Waals surface area contributed by atoms with E-state index in [1.807, 2.05) is 19.2 Å². The highest BCUT2D eigenvalue weighted by Crippen LogP contribution is 2.14. The van der Waals surface area contributed by atoms with Gasteiger partial charge in [0, 0.05) is 23.9 Å². The Morgan fingerprint density at radius 2 is 2.00 bits per heavy atom. The summed E-state index contributed by atoms with van der Waals surface area (Å²) in [5, 5.41) is 2.95. The number of hydrogen-bond donors (Lipinski definition) is 2. The van der Waals surface area contributed by atoms with Crippen LogP contribution in [0.3, 0.4) is 0 Å². The highest BCUT2D eigenvalue weighted by Gasteiger charge is 1.92. The van der Waals surface area contributed by atoms with E-state index in [2.05, 4.69) is 16.5 Å². The van der Waals surface area contributed by atoms with Crippen LogP contribution in [-0.4, -0.2) is 11.3 Å². The second-order valence-corrected chi connectivity index (χ2v) is 3.61. The number of rotatable bonds is 3. The summed E-state index contributed by atoms with van der Waals surface area (Å²) in [7, 11) is -0.155. The minimum absolute atomic E-state index is 0.533. The molecule has 66 valence electrons. The number of thiol groups is 1. The van der Waals surface area contributed by atoms with Crippen molar-refractivity contribution in [2.75, 3.05) is 12.4 Å². The van der Waals surface area contributed by atoms with E-state index >= 15 is 0 Å². The zero-order valence-corrected chi connectivity index (χ0v) is 8.19. The third kappa shape index (κ3) is 2.67. The standard InChI is InChI=1S/C7H9NO2S2/c1-8-6-2-4-7(5-3-6)10-12(9)11/h2-5,8,12H,1H3. The number of hydrogen-bond acceptors (Lipinski definition) is 4. The summed E-state index contributed by atoms with van der Waals surface area (Å²) < 4.78 is 15.3. The molecule has 12 heavy (non-hydrogen) atoms. The molecule has 1 rings (SSSR count). The minimum Gasteiger partial charge on any atom is -0.403 e. The number of nitrogens with one attached hydrogen (secondary N) is 1. The van der Waals surface area contributed by atoms with Crippen molar-refractivity contribution in [1.29, 1.82) is 0 Å². The lowest BCUT2D eigenvalue weighted by atomic mass is 10.3. The van der Waals surface area contributed by atoms with Crippen LogP contribution in [-0.2, 0) is 20.8 Å². The highest BCUT2D eigenvalue weighted by atomic mass is 32.8. The fraction of sp³-hybridized carbons (Fsp3) is 0.143. The quantitative estimate of drug-likeness (QED) is 0.718. The fourth-order valence-electron chi connectivity index (χ4n) is 0.769. The molecule has 0 radical (unpaired) electrons. The Labute approximate surface area is 77.7 Å². The smallest absolute Gasteiger partial charge is 0.174 e. The maximum atomic E-state index is 10.5. The van der Waals surface area contributed by atoms with Gasteiger partial charge >= 0.3 is 0 Å². The third-order valence-electron chi connectivity index (χ3n) is 1.32. The van der Waals surface area contributed by atoms with Gasteiger partial charge in [0.05, 0.1) is 0 Å². The summed E-state index contributed by atoms with van der Waals surface area (Å²) in [5.41, 5.74) is 0.974. The first kappa shape index (κ1) is 9.28. The largest absolute Gasteiger partial charge is 0.403 e. The van der Waals surface area contributed by atoms with E-state index in [1.165, 1.54) is 0 Å². The maximum Gasteiger partial charge on any atom is 0.174 e. The summed E-state index contributed by atoms with van der Waals surface area (Å²) in [6.45, 7) is 0. The Morgan fingerprint density at radius 1 is 1.42 bits per heavy atom. The second kappa shape index (κ2) is 4.27. The molecule has 1 aromatic carbocycles. The molecule has 0 saturated heterocycles. The molecule has 1 N–H and O–H groups in total. The van der Waals surface area contributed by atoms with E-state index in [9.17, 15) is 4.21 Å². The van der Waals surface area contributed by atoms with E-state index in [-0.39, 0.29) is 0 Å². The van der Waals surface area contributed by atoms with Crippen molar-refractivity contribution in [3.63, 3.8) is 0 Å². The normalized spacial score (nSPS) is 12.1. The molecule has 1 aromatic rings. The summed E-state index contributed by atoms with van der Waals surface area (Å²) in [5.74, 6) is 0.533. The second-order valence-electron chi connectivity index (χ2n) is 2.09. The molecule has 0 aromatic heterocycles. The van der Waals surface area contributed by atoms with Gasteiger partial charge < -0.3 is 9.50 Å². The van der Waals surface area contributed by atoms with Gasteiger partial charge in [-0.15, -0.1) is 0 Å². The summed E-state index contributed by atoms with van der Waals surface area (Å²) in [6, 6.07) is 7.07. The van der Waals surface area contributed by atoms with Crippen molar-refractivity contribution in [1.82, 2.24) is 0 Å². The predicted molar refractivity (Wildman–Crippen MR) is 53.5 cm³/mol. The average molecular weight is 203 g/mol. The van der Waals surface area contributed by atoms with Crippen LogP contribution in [0.4, 0.5) is 5.69 Å². The van der Waals surface area contributed by atoms with Gasteiger partial charge in [-0.3, -0.25) is 0 Å². The molecule has 0 fully saturated rings. The topological polar surface area (TPSA) is 38.3 Å². The van der Waals surface area contributed by atoms with Crippen LogP contribution in [0, 0.1) is 0 Å². The summed E-state index contributed by atoms with van der Waals surface area (Å²) in [4.78, 5) is 0. The molecule has 0 saturated carbocycles. The maximum absolute atomic E-state index is 10.5. The van der Waals surface area contributed by atoms with Crippen molar-refractivity contribution >= 4 is 26.5 Å². The molecule has 0 aliphatic heterocycles. The molecule has 0 bridgehead atoms. The van der Waals surface area contributed by atoms with Crippen molar-refractivity contribution in [2.45, 2.75) is 0 Å². The molecule has 0 amide bonds. The van der Waals surface area contributed by atoms with Crippen LogP contribution in [0.15, 0.2) is 24.3 Å². The Morgan fingerprint density at radius 3 is 2.42 bits per heavy atom. The van der Waals surface area contributed by atoms with E-state index in [4.69, 9.17) is 4.18 Å². The van der Waals surface area contributed by atoms with Gasteiger partial charge in [0.15, 0.2) is 9.64 Å². The molecule has 0 aliphatic rings. The highest BCUT2D eigenvalue weighted by molar-refractivity contribution is 8.19. The third-order valence-corrected chi connectivity index (χ3v) is 1.91. The molecule has 1 unspecified atom stereocenters. The Kier molecular flexibility index (Phi) is 3.31. The molecule has 3 nitrogen and oxygen atoms in total. The van der Waals surface area contributed by atoms with Crippen LogP contribution in [0.1, 0.15) is 0 Å². The van der Waals surface area contributed by atoms with E-state index in [1.54, 1.807) is 12.1 Å². The van der Waals surface area contributed by atoms with Gasteiger partial charge in [-0.2, -0.15) is 0 Å². The van der Waals surface area contributed by atoms with Gasteiger partial charge in [0.25, 0.3) is 0 Å². The molecular formula is C7H9NO2S2. The SMILES string of the molecule is CNc1ccc(O[SH](=O)=S)cc1. The molecule has 1 atom stereocenters. The van der Waals surface area contributed by atoms with Crippen LogP contribution in [0.5, 0.6) is 5.75 Å². The lowest BCUT2D eigenvalue weighted by Gasteiger charge is -2.00. The van der Waals surface area contributed by atoms with Crippen LogP contribution >= 0.6 is 0 Å². The molecule has 0 spiro atoms. The average Bonchev–Trinajstić information content (AvgIpc) is 2.05. The van der Waals surface area contributed by atoms with Crippen molar-refractivity contribution in [2.24, 2.45) is 0 Å². The summed E-state index contributed by atoms with van der Waals surface area (Å²) in [6.07, 6.45) is 0. The van der Waals surface area contributed by atoms with Gasteiger partial charge in [-0.1, -0.05) is 0 Å². The van der Waals surface area contributed by atoms with Crippen LogP contribution < -0.4 is 9.50 Å². The number of benzene rings is 1. The van der Waals surface area contributed by atoms with Crippen molar-refractivity contribution in [3.05, 3.63) is 24.3 Å². The zero-order valence-electron chi connectivity index (χ0n) is 6.48. The van der Waals surface area contributed by atoms with E-state index in [0.717, 1.165) is 5.69 Å². The molecular weight excluding hydrogens is 194 g/mol. The monoisotopic (exact) mass is 203 g/mol. The zero-order chi connectivity index (χ0) is 8.97. The predicted octanol–water partition coefficient (Wildman–Crippen LogP) is 0.965. The van der Waals surface area contributed by atoms with Crippen LogP contribution in [0.25, 0.3) is 0 Å². The lowest BCUT2D eigenvalue weighted by Crippen LogP contribution is -1.90.